The fourth-order valence-corrected chi connectivity index (χ4v) is 2.03. The normalized spacial score (nSPS) is 11.9. The highest BCUT2D eigenvalue weighted by atomic mass is 16.3. The van der Waals surface area contributed by atoms with Gasteiger partial charge in [-0.2, -0.15) is 0 Å². The van der Waals surface area contributed by atoms with Crippen LogP contribution in [0.3, 0.4) is 0 Å². The molecule has 0 saturated carbocycles. The Kier molecular flexibility index (Phi) is 4.37. The molecule has 1 unspecified atom stereocenters. The summed E-state index contributed by atoms with van der Waals surface area (Å²) < 4.78 is 5.06. The lowest BCUT2D eigenvalue weighted by atomic mass is 9.96. The van der Waals surface area contributed by atoms with E-state index in [1.807, 2.05) is 38.1 Å². The first-order chi connectivity index (χ1) is 9.99. The van der Waals surface area contributed by atoms with Crippen LogP contribution in [-0.2, 0) is 11.3 Å². The van der Waals surface area contributed by atoms with Crippen molar-refractivity contribution in [2.24, 2.45) is 5.73 Å². The summed E-state index contributed by atoms with van der Waals surface area (Å²) in [7, 11) is 0. The van der Waals surface area contributed by atoms with Gasteiger partial charge in [-0.15, -0.1) is 0 Å². The van der Waals surface area contributed by atoms with Crippen LogP contribution in [0.4, 0.5) is 0 Å². The predicted molar refractivity (Wildman–Crippen MR) is 76.5 cm³/mol. The van der Waals surface area contributed by atoms with Gasteiger partial charge in [-0.05, 0) is 25.0 Å². The molecule has 0 radical (unpaired) electrons. The lowest BCUT2D eigenvalue weighted by Gasteiger charge is -2.13. The Labute approximate surface area is 122 Å². The lowest BCUT2D eigenvalue weighted by molar-refractivity contribution is -0.122. The van der Waals surface area contributed by atoms with E-state index in [0.29, 0.717) is 0 Å². The third-order valence-electron chi connectivity index (χ3n) is 3.27. The van der Waals surface area contributed by atoms with Gasteiger partial charge in [0, 0.05) is 0 Å². The number of nitrogens with one attached hydrogen (secondary N) is 1. The van der Waals surface area contributed by atoms with E-state index < -0.39 is 5.91 Å². The van der Waals surface area contributed by atoms with Gasteiger partial charge in [-0.25, -0.2) is 4.98 Å². The molecule has 110 valence electrons. The Morgan fingerprint density at radius 1 is 1.38 bits per heavy atom. The van der Waals surface area contributed by atoms with Crippen LogP contribution in [0.5, 0.6) is 0 Å². The molecular formula is C15H17N3O3. The lowest BCUT2D eigenvalue weighted by Crippen LogP contribution is -2.28. The van der Waals surface area contributed by atoms with Crippen molar-refractivity contribution in [1.29, 1.82) is 0 Å². The molecule has 1 aromatic carbocycles. The van der Waals surface area contributed by atoms with Gasteiger partial charge in [0.05, 0.1) is 12.5 Å². The largest absolute Gasteiger partial charge is 0.446 e. The summed E-state index contributed by atoms with van der Waals surface area (Å²) in [4.78, 5) is 26.9. The fraction of sp³-hybridized carbons (Fsp3) is 0.267. The number of hydrogen-bond donors (Lipinski definition) is 2. The topological polar surface area (TPSA) is 98.2 Å². The zero-order valence-electron chi connectivity index (χ0n) is 11.9. The van der Waals surface area contributed by atoms with Crippen molar-refractivity contribution in [3.05, 3.63) is 53.2 Å². The van der Waals surface area contributed by atoms with Crippen LogP contribution in [0, 0.1) is 6.92 Å². The molecule has 1 heterocycles. The van der Waals surface area contributed by atoms with E-state index in [2.05, 4.69) is 10.3 Å². The first-order valence-corrected chi connectivity index (χ1v) is 6.56. The third-order valence-corrected chi connectivity index (χ3v) is 3.27. The molecule has 0 aliphatic heterocycles. The molecule has 0 fully saturated rings. The van der Waals surface area contributed by atoms with Gasteiger partial charge in [-0.3, -0.25) is 9.59 Å². The molecule has 6 heteroatoms. The molecule has 0 spiro atoms. The highest BCUT2D eigenvalue weighted by Gasteiger charge is 2.17. The first kappa shape index (κ1) is 14.8. The molecule has 2 amide bonds. The molecule has 0 bridgehead atoms. The number of carbonyl (C=O) groups excluding carboxylic acids is 2. The minimum Gasteiger partial charge on any atom is -0.446 e. The van der Waals surface area contributed by atoms with Gasteiger partial charge in [0.15, 0.2) is 5.69 Å². The number of primary amides is 1. The number of oxazole rings is 1. The zero-order chi connectivity index (χ0) is 15.4. The van der Waals surface area contributed by atoms with Crippen molar-refractivity contribution in [2.45, 2.75) is 26.3 Å². The average molecular weight is 287 g/mol. The molecular weight excluding hydrogens is 270 g/mol. The maximum Gasteiger partial charge on any atom is 0.270 e. The quantitative estimate of drug-likeness (QED) is 0.870. The highest BCUT2D eigenvalue weighted by molar-refractivity contribution is 5.90. The van der Waals surface area contributed by atoms with E-state index in [-0.39, 0.29) is 30.0 Å². The number of aryl methyl sites for hydroxylation is 1. The molecule has 6 nitrogen and oxygen atoms in total. The summed E-state index contributed by atoms with van der Waals surface area (Å²) in [5.41, 5.74) is 7.16. The number of rotatable bonds is 5. The van der Waals surface area contributed by atoms with E-state index in [4.69, 9.17) is 10.2 Å². The van der Waals surface area contributed by atoms with Gasteiger partial charge >= 0.3 is 0 Å². The van der Waals surface area contributed by atoms with Gasteiger partial charge in [0.2, 0.25) is 11.8 Å². The summed E-state index contributed by atoms with van der Waals surface area (Å²) in [5, 5.41) is 2.73. The summed E-state index contributed by atoms with van der Waals surface area (Å²) in [6.07, 6.45) is 1.18. The van der Waals surface area contributed by atoms with Crippen molar-refractivity contribution in [1.82, 2.24) is 10.3 Å². The number of carbonyl (C=O) groups is 2. The first-order valence-electron chi connectivity index (χ1n) is 6.56. The van der Waals surface area contributed by atoms with E-state index >= 15 is 0 Å². The molecule has 21 heavy (non-hydrogen) atoms. The van der Waals surface area contributed by atoms with Crippen LogP contribution in [-0.4, -0.2) is 16.8 Å². The number of aromatic nitrogens is 1. The molecule has 0 aliphatic rings. The monoisotopic (exact) mass is 287 g/mol. The maximum atomic E-state index is 12.1. The molecule has 2 rings (SSSR count). The summed E-state index contributed by atoms with van der Waals surface area (Å²) in [5.74, 6) is -0.835. The average Bonchev–Trinajstić information content (AvgIpc) is 2.93. The second-order valence-electron chi connectivity index (χ2n) is 4.79. The maximum absolute atomic E-state index is 12.1. The Balaban J connectivity index is 1.98. The molecule has 1 atom stereocenters. The second-order valence-corrected chi connectivity index (χ2v) is 4.79. The summed E-state index contributed by atoms with van der Waals surface area (Å²) in [6.45, 7) is 3.91. The van der Waals surface area contributed by atoms with Crippen molar-refractivity contribution >= 4 is 11.8 Å². The second kappa shape index (κ2) is 6.21. The zero-order valence-corrected chi connectivity index (χ0v) is 11.9. The van der Waals surface area contributed by atoms with Crippen LogP contribution in [0.15, 0.2) is 34.9 Å². The SMILES string of the molecule is Cc1ccccc1C(C)C(=O)NCc1nc(C(N)=O)co1. The number of amides is 2. The van der Waals surface area contributed by atoms with Crippen molar-refractivity contribution in [3.8, 4) is 0 Å². The highest BCUT2D eigenvalue weighted by Crippen LogP contribution is 2.19. The van der Waals surface area contributed by atoms with E-state index in [1.54, 1.807) is 0 Å². The van der Waals surface area contributed by atoms with Crippen LogP contribution < -0.4 is 11.1 Å². The van der Waals surface area contributed by atoms with Crippen LogP contribution in [0.1, 0.15) is 40.3 Å². The molecule has 3 N–H and O–H groups in total. The molecule has 0 aliphatic carbocycles. The van der Waals surface area contributed by atoms with Crippen LogP contribution >= 0.6 is 0 Å². The number of hydrogen-bond acceptors (Lipinski definition) is 4. The Bertz CT molecular complexity index is 664. The van der Waals surface area contributed by atoms with E-state index in [0.717, 1.165) is 11.1 Å². The van der Waals surface area contributed by atoms with Crippen molar-refractivity contribution < 1.29 is 14.0 Å². The van der Waals surface area contributed by atoms with E-state index in [1.165, 1.54) is 6.26 Å². The third kappa shape index (κ3) is 3.47. The minimum atomic E-state index is -0.662. The van der Waals surface area contributed by atoms with Gasteiger partial charge in [-0.1, -0.05) is 24.3 Å². The van der Waals surface area contributed by atoms with E-state index in [9.17, 15) is 9.59 Å². The Morgan fingerprint density at radius 3 is 2.71 bits per heavy atom. The number of nitrogens with zero attached hydrogens (tertiary/aromatic N) is 1. The summed E-state index contributed by atoms with van der Waals surface area (Å²) >= 11 is 0. The minimum absolute atomic E-state index is 0.0474. The number of nitrogens with two attached hydrogens (primary N) is 1. The summed E-state index contributed by atoms with van der Waals surface area (Å²) in [6, 6.07) is 7.73. The smallest absolute Gasteiger partial charge is 0.270 e. The fourth-order valence-electron chi connectivity index (χ4n) is 2.03. The molecule has 0 saturated heterocycles. The molecule has 1 aromatic heterocycles. The van der Waals surface area contributed by atoms with Crippen molar-refractivity contribution in [2.75, 3.05) is 0 Å². The predicted octanol–water partition coefficient (Wildman–Crippen LogP) is 1.50. The molecule has 2 aromatic rings. The standard InChI is InChI=1S/C15H17N3O3/c1-9-5-3-4-6-11(9)10(2)15(20)17-7-13-18-12(8-21-13)14(16)19/h3-6,8,10H,7H2,1-2H3,(H2,16,19)(H,17,20). The van der Waals surface area contributed by atoms with Gasteiger partial charge in [0.1, 0.15) is 6.26 Å². The number of benzene rings is 1. The van der Waals surface area contributed by atoms with Crippen LogP contribution in [0.2, 0.25) is 0 Å². The van der Waals surface area contributed by atoms with Crippen LogP contribution in [0.25, 0.3) is 0 Å². The Morgan fingerprint density at radius 2 is 2.10 bits per heavy atom. The van der Waals surface area contributed by atoms with Gasteiger partial charge in [0.25, 0.3) is 5.91 Å². The Hall–Kier alpha value is -2.63. The van der Waals surface area contributed by atoms with Gasteiger partial charge < -0.3 is 15.5 Å². The van der Waals surface area contributed by atoms with Crippen molar-refractivity contribution in [3.63, 3.8) is 0 Å².